The molecule has 3 rings (SSSR count). The van der Waals surface area contributed by atoms with Gasteiger partial charge < -0.3 is 14.8 Å². The summed E-state index contributed by atoms with van der Waals surface area (Å²) < 4.78 is 25.1. The Hall–Kier alpha value is -3.08. The van der Waals surface area contributed by atoms with Crippen LogP contribution in [0.4, 0.5) is 20.1 Å². The van der Waals surface area contributed by atoms with E-state index in [9.17, 15) is 18.3 Å². The molecule has 1 atom stereocenters. The molecule has 2 N–H and O–H groups in total. The maximum Gasteiger partial charge on any atom is 0.411 e. The molecule has 1 aliphatic heterocycles. The molecule has 1 aromatic heterocycles. The van der Waals surface area contributed by atoms with Gasteiger partial charge in [0.1, 0.15) is 11.7 Å². The Morgan fingerprint density at radius 1 is 1.38 bits per heavy atom. The number of anilines is 2. The van der Waals surface area contributed by atoms with E-state index in [1.807, 2.05) is 0 Å². The summed E-state index contributed by atoms with van der Waals surface area (Å²) in [5, 5.41) is 5.41. The number of aromatic nitrogens is 2. The summed E-state index contributed by atoms with van der Waals surface area (Å²) in [5.41, 5.74) is 2.23. The minimum atomic E-state index is -0.753. The second-order valence-corrected chi connectivity index (χ2v) is 7.75. The number of hydrogen-bond acceptors (Lipinski definition) is 7. The van der Waals surface area contributed by atoms with Gasteiger partial charge in [-0.25, -0.2) is 13.8 Å². The minimum absolute atomic E-state index is 0.0355. The number of methoxy groups -OCH3 is 1. The molecule has 0 spiro atoms. The van der Waals surface area contributed by atoms with Gasteiger partial charge in [0, 0.05) is 17.7 Å². The van der Waals surface area contributed by atoms with E-state index in [2.05, 4.69) is 20.4 Å². The normalized spacial score (nSPS) is 16.1. The molecule has 0 saturated heterocycles. The molecule has 1 aliphatic rings. The van der Waals surface area contributed by atoms with Gasteiger partial charge in [-0.05, 0) is 44.9 Å². The Bertz CT molecular complexity index is 1030. The Kier molecular flexibility index (Phi) is 7.73. The molecule has 2 heterocycles. The zero-order valence-corrected chi connectivity index (χ0v) is 18.9. The van der Waals surface area contributed by atoms with Crippen molar-refractivity contribution in [2.45, 2.75) is 45.4 Å². The zero-order chi connectivity index (χ0) is 23.3. The van der Waals surface area contributed by atoms with Crippen molar-refractivity contribution in [3.63, 3.8) is 0 Å². The van der Waals surface area contributed by atoms with Crippen molar-refractivity contribution in [3.8, 4) is 11.3 Å². The fourth-order valence-corrected chi connectivity index (χ4v) is 4.04. The average Bonchev–Trinajstić information content (AvgIpc) is 3.09. The monoisotopic (exact) mass is 464 g/mol. The highest BCUT2D eigenvalue weighted by Crippen LogP contribution is 2.38. The second kappa shape index (κ2) is 10.5. The van der Waals surface area contributed by atoms with Crippen LogP contribution < -0.4 is 10.6 Å². The number of carbonyl (C=O) groups is 3. The van der Waals surface area contributed by atoms with Gasteiger partial charge in [0.05, 0.1) is 30.8 Å². The highest BCUT2D eigenvalue weighted by molar-refractivity contribution is 7.92. The van der Waals surface area contributed by atoms with Gasteiger partial charge >= 0.3 is 12.1 Å². The number of esters is 1. The molecule has 1 unspecified atom stereocenters. The first-order chi connectivity index (χ1) is 15.4. The van der Waals surface area contributed by atoms with Gasteiger partial charge in [-0.3, -0.25) is 14.9 Å². The van der Waals surface area contributed by atoms with E-state index in [0.29, 0.717) is 47.6 Å². The third-order valence-corrected chi connectivity index (χ3v) is 5.76. The molecule has 0 fully saturated rings. The number of imidazole rings is 1. The lowest BCUT2D eigenvalue weighted by molar-refractivity contribution is -0.145. The number of ether oxygens (including phenoxy) is 2. The summed E-state index contributed by atoms with van der Waals surface area (Å²) in [6.07, 6.45) is 1.07. The van der Waals surface area contributed by atoms with E-state index in [1.165, 1.54) is 11.1 Å². The second-order valence-electron chi connectivity index (χ2n) is 7.24. The molecular formula is C21H25FN4O5S. The first kappa shape index (κ1) is 23.6. The van der Waals surface area contributed by atoms with Crippen LogP contribution in [0.3, 0.4) is 0 Å². The van der Waals surface area contributed by atoms with Crippen molar-refractivity contribution in [1.29, 1.82) is 0 Å². The third kappa shape index (κ3) is 5.04. The molecule has 0 aliphatic carbocycles. The van der Waals surface area contributed by atoms with Crippen LogP contribution >= 0.6 is 12.3 Å². The maximum absolute atomic E-state index is 14.0. The summed E-state index contributed by atoms with van der Waals surface area (Å²) >= 11 is -0.0355. The lowest BCUT2D eigenvalue weighted by Crippen LogP contribution is -2.20. The molecule has 32 heavy (non-hydrogen) atoms. The van der Waals surface area contributed by atoms with Crippen LogP contribution in [-0.4, -0.2) is 40.6 Å². The summed E-state index contributed by atoms with van der Waals surface area (Å²) in [4.78, 5) is 41.4. The standard InChI is InChI=1S/C21H25FN4O5S/c1-4-31-20(28)15-7-5-6-8-17(27)24-16-11-13(23-21(29)30-3)9-10-14(16)18-12(2)26(32-22)19(15)25-18/h9-11,15H,4-8H2,1-3H3,(H,23,29)(H,24,27). The quantitative estimate of drug-likeness (QED) is 0.637. The van der Waals surface area contributed by atoms with Crippen LogP contribution in [0, 0.1) is 6.92 Å². The largest absolute Gasteiger partial charge is 0.465 e. The molecule has 9 nitrogen and oxygen atoms in total. The third-order valence-electron chi connectivity index (χ3n) is 5.16. The molecule has 0 radical (unpaired) electrons. The Balaban J connectivity index is 2.16. The molecule has 11 heteroatoms. The van der Waals surface area contributed by atoms with Crippen molar-refractivity contribution >= 4 is 41.7 Å². The molecule has 172 valence electrons. The number of rotatable bonds is 4. The Labute approximate surface area is 189 Å². The number of carbonyl (C=O) groups excluding carboxylic acids is 3. The van der Waals surface area contributed by atoms with Crippen LogP contribution in [0.15, 0.2) is 18.2 Å². The topological polar surface area (TPSA) is 112 Å². The van der Waals surface area contributed by atoms with E-state index in [1.54, 1.807) is 32.0 Å². The Morgan fingerprint density at radius 3 is 2.84 bits per heavy atom. The van der Waals surface area contributed by atoms with Gasteiger partial charge in [-0.1, -0.05) is 6.42 Å². The van der Waals surface area contributed by atoms with Gasteiger partial charge in [0.15, 0.2) is 12.3 Å². The molecular weight excluding hydrogens is 439 g/mol. The predicted octanol–water partition coefficient (Wildman–Crippen LogP) is 4.58. The lowest BCUT2D eigenvalue weighted by atomic mass is 10.00. The lowest BCUT2D eigenvalue weighted by Gasteiger charge is -2.16. The van der Waals surface area contributed by atoms with Crippen molar-refractivity contribution in [1.82, 2.24) is 8.96 Å². The molecule has 1 aromatic carbocycles. The molecule has 2 amide bonds. The molecule has 2 aromatic rings. The van der Waals surface area contributed by atoms with Crippen molar-refractivity contribution in [2.75, 3.05) is 24.4 Å². The number of hydrogen-bond donors (Lipinski definition) is 2. The van der Waals surface area contributed by atoms with E-state index in [-0.39, 0.29) is 37.1 Å². The zero-order valence-electron chi connectivity index (χ0n) is 18.1. The van der Waals surface area contributed by atoms with E-state index >= 15 is 0 Å². The first-order valence-electron chi connectivity index (χ1n) is 10.2. The molecule has 2 bridgehead atoms. The maximum atomic E-state index is 14.0. The van der Waals surface area contributed by atoms with E-state index in [4.69, 9.17) is 4.74 Å². The van der Waals surface area contributed by atoms with Gasteiger partial charge in [-0.15, -0.1) is 3.89 Å². The summed E-state index contributed by atoms with van der Waals surface area (Å²) in [6, 6.07) is 4.87. The van der Waals surface area contributed by atoms with Crippen molar-refractivity contribution in [3.05, 3.63) is 29.7 Å². The first-order valence-corrected chi connectivity index (χ1v) is 10.9. The number of fused-ring (bicyclic) bond motifs is 4. The molecule has 0 saturated carbocycles. The number of amides is 2. The van der Waals surface area contributed by atoms with E-state index < -0.39 is 18.0 Å². The fourth-order valence-electron chi connectivity index (χ4n) is 3.61. The van der Waals surface area contributed by atoms with Gasteiger partial charge in [-0.2, -0.15) is 0 Å². The average molecular weight is 465 g/mol. The van der Waals surface area contributed by atoms with Gasteiger partial charge in [0.25, 0.3) is 0 Å². The fraction of sp³-hybridized carbons (Fsp3) is 0.429. The van der Waals surface area contributed by atoms with E-state index in [0.717, 1.165) is 0 Å². The summed E-state index contributed by atoms with van der Waals surface area (Å²) in [7, 11) is 1.25. The number of nitrogens with one attached hydrogen (secondary N) is 2. The highest BCUT2D eigenvalue weighted by Gasteiger charge is 2.31. The minimum Gasteiger partial charge on any atom is -0.465 e. The van der Waals surface area contributed by atoms with Gasteiger partial charge in [0.2, 0.25) is 5.91 Å². The summed E-state index contributed by atoms with van der Waals surface area (Å²) in [5.74, 6) is -1.18. The van der Waals surface area contributed by atoms with Crippen LogP contribution in [0.25, 0.3) is 11.3 Å². The number of benzene rings is 1. The smallest absolute Gasteiger partial charge is 0.411 e. The van der Waals surface area contributed by atoms with Crippen LogP contribution in [0.5, 0.6) is 0 Å². The number of nitrogens with zero attached hydrogens (tertiary/aromatic N) is 2. The predicted molar refractivity (Wildman–Crippen MR) is 119 cm³/mol. The van der Waals surface area contributed by atoms with Crippen molar-refractivity contribution in [2.24, 2.45) is 0 Å². The van der Waals surface area contributed by atoms with Crippen LogP contribution in [0.1, 0.15) is 50.0 Å². The SMILES string of the molecule is CCOC(=O)C1CCCCC(=O)Nc2cc(NC(=O)OC)ccc2-c2nc1n(SF)c2C. The Morgan fingerprint density at radius 2 is 2.16 bits per heavy atom. The summed E-state index contributed by atoms with van der Waals surface area (Å²) in [6.45, 7) is 3.60. The van der Waals surface area contributed by atoms with Crippen LogP contribution in [-0.2, 0) is 19.1 Å². The van der Waals surface area contributed by atoms with Crippen LogP contribution in [0.2, 0.25) is 0 Å². The number of halogens is 1. The highest BCUT2D eigenvalue weighted by atomic mass is 32.2. The van der Waals surface area contributed by atoms with Crippen molar-refractivity contribution < 1.29 is 27.7 Å².